The van der Waals surface area contributed by atoms with Gasteiger partial charge in [0.15, 0.2) is 5.75 Å². The Morgan fingerprint density at radius 2 is 2.23 bits per heavy atom. The van der Waals surface area contributed by atoms with Crippen LogP contribution in [-0.2, 0) is 11.4 Å². The van der Waals surface area contributed by atoms with E-state index >= 15 is 0 Å². The van der Waals surface area contributed by atoms with Gasteiger partial charge in [0.05, 0.1) is 6.61 Å². The van der Waals surface area contributed by atoms with E-state index in [2.05, 4.69) is 0 Å². The second-order valence-corrected chi connectivity index (χ2v) is 2.50. The van der Waals surface area contributed by atoms with Crippen LogP contribution in [0.4, 0.5) is 0 Å². The highest BCUT2D eigenvalue weighted by Crippen LogP contribution is 2.26. The maximum atomic E-state index is 9.31. The first kappa shape index (κ1) is 9.83. The topological polar surface area (TPSA) is 64.7 Å². The van der Waals surface area contributed by atoms with E-state index in [-0.39, 0.29) is 5.75 Å². The first-order chi connectivity index (χ1) is 6.27. The van der Waals surface area contributed by atoms with E-state index in [1.807, 2.05) is 0 Å². The van der Waals surface area contributed by atoms with Gasteiger partial charge in [-0.05, 0) is 24.6 Å². The second kappa shape index (κ2) is 4.69. The fourth-order valence-electron chi connectivity index (χ4n) is 0.875. The van der Waals surface area contributed by atoms with Gasteiger partial charge in [-0.2, -0.15) is 4.89 Å². The van der Waals surface area contributed by atoms with E-state index in [1.54, 1.807) is 19.1 Å². The van der Waals surface area contributed by atoms with Crippen molar-refractivity contribution in [2.75, 3.05) is 6.61 Å². The predicted molar refractivity (Wildman–Crippen MR) is 48.3 cm³/mol. The molecular formula is C9H13NO3. The number of rotatable bonds is 4. The van der Waals surface area contributed by atoms with Crippen LogP contribution in [0.2, 0.25) is 0 Å². The third-order valence-corrected chi connectivity index (χ3v) is 1.53. The van der Waals surface area contributed by atoms with Crippen LogP contribution in [0.3, 0.4) is 0 Å². The van der Waals surface area contributed by atoms with Crippen molar-refractivity contribution >= 4 is 0 Å². The zero-order valence-corrected chi connectivity index (χ0v) is 7.49. The zero-order chi connectivity index (χ0) is 9.68. The molecule has 0 radical (unpaired) electrons. The third-order valence-electron chi connectivity index (χ3n) is 1.53. The molecule has 0 spiro atoms. The van der Waals surface area contributed by atoms with E-state index in [0.717, 1.165) is 5.56 Å². The van der Waals surface area contributed by atoms with Crippen LogP contribution in [-0.4, -0.2) is 11.7 Å². The molecule has 0 aromatic heterocycles. The SMILES string of the molecule is CCOOc1cc(CN)ccc1O. The van der Waals surface area contributed by atoms with E-state index in [9.17, 15) is 5.11 Å². The summed E-state index contributed by atoms with van der Waals surface area (Å²) >= 11 is 0. The number of phenols is 1. The molecule has 0 atom stereocenters. The van der Waals surface area contributed by atoms with Crippen LogP contribution in [0.5, 0.6) is 11.5 Å². The quantitative estimate of drug-likeness (QED) is 0.543. The van der Waals surface area contributed by atoms with Crippen molar-refractivity contribution < 1.29 is 14.9 Å². The van der Waals surface area contributed by atoms with Gasteiger partial charge in [0, 0.05) is 6.54 Å². The highest BCUT2D eigenvalue weighted by atomic mass is 17.2. The lowest BCUT2D eigenvalue weighted by atomic mass is 10.2. The summed E-state index contributed by atoms with van der Waals surface area (Å²) in [7, 11) is 0. The average molecular weight is 183 g/mol. The molecule has 3 N–H and O–H groups in total. The molecule has 72 valence electrons. The molecule has 1 aromatic rings. The number of phenolic OH excluding ortho intramolecular Hbond substituents is 1. The molecule has 0 unspecified atom stereocenters. The van der Waals surface area contributed by atoms with Crippen molar-refractivity contribution in [1.82, 2.24) is 0 Å². The Hall–Kier alpha value is -1.26. The molecule has 0 aliphatic rings. The molecule has 4 heteroatoms. The van der Waals surface area contributed by atoms with Crippen molar-refractivity contribution in [1.29, 1.82) is 0 Å². The van der Waals surface area contributed by atoms with E-state index in [1.165, 1.54) is 6.07 Å². The summed E-state index contributed by atoms with van der Waals surface area (Å²) in [6.45, 7) is 2.62. The second-order valence-electron chi connectivity index (χ2n) is 2.50. The standard InChI is InChI=1S/C9H13NO3/c1-2-12-13-9-5-7(6-10)3-4-8(9)11/h3-5,11H,2,6,10H2,1H3. The molecule has 0 aliphatic heterocycles. The van der Waals surface area contributed by atoms with Crippen LogP contribution in [0.15, 0.2) is 18.2 Å². The Balaban J connectivity index is 2.78. The summed E-state index contributed by atoms with van der Waals surface area (Å²) in [5.41, 5.74) is 6.30. The molecule has 1 rings (SSSR count). The van der Waals surface area contributed by atoms with Crippen LogP contribution >= 0.6 is 0 Å². The minimum atomic E-state index is 0.0469. The van der Waals surface area contributed by atoms with E-state index < -0.39 is 0 Å². The van der Waals surface area contributed by atoms with Crippen LogP contribution in [0, 0.1) is 0 Å². The molecule has 0 amide bonds. The smallest absolute Gasteiger partial charge is 0.207 e. The fraction of sp³-hybridized carbons (Fsp3) is 0.333. The van der Waals surface area contributed by atoms with Gasteiger partial charge in [0.1, 0.15) is 0 Å². The minimum absolute atomic E-state index is 0.0469. The minimum Gasteiger partial charge on any atom is -0.504 e. The highest BCUT2D eigenvalue weighted by molar-refractivity contribution is 5.41. The number of aromatic hydroxyl groups is 1. The Morgan fingerprint density at radius 1 is 1.46 bits per heavy atom. The zero-order valence-electron chi connectivity index (χ0n) is 7.49. The van der Waals surface area contributed by atoms with Crippen molar-refractivity contribution in [3.8, 4) is 11.5 Å². The third kappa shape index (κ3) is 2.61. The number of nitrogens with two attached hydrogens (primary N) is 1. The molecule has 0 saturated heterocycles. The van der Waals surface area contributed by atoms with Gasteiger partial charge in [-0.3, -0.25) is 0 Å². The Bertz CT molecular complexity index is 276. The lowest BCUT2D eigenvalue weighted by molar-refractivity contribution is -0.203. The molecule has 0 bridgehead atoms. The summed E-state index contributed by atoms with van der Waals surface area (Å²) < 4.78 is 0. The first-order valence-corrected chi connectivity index (χ1v) is 4.09. The molecule has 0 aliphatic carbocycles. The summed E-state index contributed by atoms with van der Waals surface area (Å²) in [4.78, 5) is 9.52. The van der Waals surface area contributed by atoms with Crippen molar-refractivity contribution in [2.24, 2.45) is 5.73 Å². The van der Waals surface area contributed by atoms with Gasteiger partial charge in [-0.15, -0.1) is 0 Å². The monoisotopic (exact) mass is 183 g/mol. The molecule has 0 saturated carbocycles. The van der Waals surface area contributed by atoms with Crippen LogP contribution in [0.1, 0.15) is 12.5 Å². The number of hydrogen-bond donors (Lipinski definition) is 2. The molecule has 0 heterocycles. The summed E-state index contributed by atoms with van der Waals surface area (Å²) in [5.74, 6) is 0.343. The Kier molecular flexibility index (Phi) is 3.54. The van der Waals surface area contributed by atoms with Gasteiger partial charge >= 0.3 is 0 Å². The van der Waals surface area contributed by atoms with Crippen molar-refractivity contribution in [3.63, 3.8) is 0 Å². The maximum absolute atomic E-state index is 9.31. The van der Waals surface area contributed by atoms with Crippen LogP contribution < -0.4 is 10.6 Å². The molecule has 0 fully saturated rings. The van der Waals surface area contributed by atoms with E-state index in [0.29, 0.717) is 18.9 Å². The Labute approximate surface area is 76.8 Å². The highest BCUT2D eigenvalue weighted by Gasteiger charge is 2.03. The molecule has 4 nitrogen and oxygen atoms in total. The van der Waals surface area contributed by atoms with Gasteiger partial charge in [0.25, 0.3) is 0 Å². The fourth-order valence-corrected chi connectivity index (χ4v) is 0.875. The summed E-state index contributed by atoms with van der Waals surface area (Å²) in [6, 6.07) is 4.90. The molecular weight excluding hydrogens is 170 g/mol. The van der Waals surface area contributed by atoms with Crippen molar-refractivity contribution in [3.05, 3.63) is 23.8 Å². The van der Waals surface area contributed by atoms with Crippen molar-refractivity contribution in [2.45, 2.75) is 13.5 Å². The van der Waals surface area contributed by atoms with Gasteiger partial charge in [0.2, 0.25) is 5.75 Å². The summed E-state index contributed by atoms with van der Waals surface area (Å²) in [5, 5.41) is 9.31. The molecule has 1 aromatic carbocycles. The average Bonchev–Trinajstić information content (AvgIpc) is 2.17. The van der Waals surface area contributed by atoms with Crippen LogP contribution in [0.25, 0.3) is 0 Å². The predicted octanol–water partition coefficient (Wildman–Crippen LogP) is 1.18. The normalized spacial score (nSPS) is 10.0. The maximum Gasteiger partial charge on any atom is 0.207 e. The van der Waals surface area contributed by atoms with Gasteiger partial charge in [-0.1, -0.05) is 6.07 Å². The molecule has 13 heavy (non-hydrogen) atoms. The Morgan fingerprint density at radius 3 is 2.85 bits per heavy atom. The number of hydrogen-bond acceptors (Lipinski definition) is 4. The first-order valence-electron chi connectivity index (χ1n) is 4.09. The lowest BCUT2D eigenvalue weighted by Gasteiger charge is -2.06. The number of benzene rings is 1. The van der Waals surface area contributed by atoms with Gasteiger partial charge < -0.3 is 15.7 Å². The lowest BCUT2D eigenvalue weighted by Crippen LogP contribution is -1.99. The van der Waals surface area contributed by atoms with Gasteiger partial charge in [-0.25, -0.2) is 0 Å². The largest absolute Gasteiger partial charge is 0.504 e. The van der Waals surface area contributed by atoms with E-state index in [4.69, 9.17) is 15.5 Å². The summed E-state index contributed by atoms with van der Waals surface area (Å²) in [6.07, 6.45) is 0.